The van der Waals surface area contributed by atoms with Crippen molar-refractivity contribution in [1.82, 2.24) is 9.55 Å². The summed E-state index contributed by atoms with van der Waals surface area (Å²) < 4.78 is 8.17. The number of thiophene rings is 1. The molecule has 5 nitrogen and oxygen atoms in total. The topological polar surface area (TPSA) is 64.4 Å². The van der Waals surface area contributed by atoms with E-state index in [0.717, 1.165) is 46.0 Å². The van der Waals surface area contributed by atoms with Crippen LogP contribution in [0, 0.1) is 13.8 Å². The average molecular weight is 435 g/mol. The minimum atomic E-state index is -0.743. The molecule has 0 aliphatic carbocycles. The van der Waals surface area contributed by atoms with Crippen molar-refractivity contribution in [3.63, 3.8) is 0 Å². The summed E-state index contributed by atoms with van der Waals surface area (Å²) in [5, 5.41) is 10.8. The molecule has 2 aromatic heterocycles. The van der Waals surface area contributed by atoms with E-state index in [4.69, 9.17) is 14.8 Å². The molecule has 0 radical (unpaired) electrons. The molecule has 0 aliphatic rings. The Morgan fingerprint density at radius 3 is 2.58 bits per heavy atom. The van der Waals surface area contributed by atoms with Crippen LogP contribution in [0.5, 0.6) is 5.75 Å². The fourth-order valence-electron chi connectivity index (χ4n) is 3.60. The minimum absolute atomic E-state index is 0.215. The number of aliphatic carboxylic acids is 1. The number of carbonyl (C=O) groups is 1. The third-order valence-electron chi connectivity index (χ3n) is 5.29. The summed E-state index contributed by atoms with van der Waals surface area (Å²) in [4.78, 5) is 16.7. The van der Waals surface area contributed by atoms with E-state index in [2.05, 4.69) is 54.1 Å². The highest BCUT2D eigenvalue weighted by molar-refractivity contribution is 7.13. The Morgan fingerprint density at radius 1 is 1.06 bits per heavy atom. The van der Waals surface area contributed by atoms with E-state index >= 15 is 0 Å². The first-order valence-electron chi connectivity index (χ1n) is 10.5. The van der Waals surface area contributed by atoms with Gasteiger partial charge in [-0.25, -0.2) is 4.98 Å². The predicted octanol–water partition coefficient (Wildman–Crippen LogP) is 6.39. The molecule has 4 rings (SSSR count). The van der Waals surface area contributed by atoms with Crippen molar-refractivity contribution in [2.75, 3.05) is 6.61 Å². The van der Waals surface area contributed by atoms with Crippen LogP contribution in [-0.2, 0) is 4.79 Å². The molecule has 0 atom stereocenters. The van der Waals surface area contributed by atoms with Crippen molar-refractivity contribution >= 4 is 28.3 Å². The molecule has 0 saturated heterocycles. The van der Waals surface area contributed by atoms with Crippen molar-refractivity contribution < 1.29 is 14.6 Å². The second-order valence-electron chi connectivity index (χ2n) is 7.74. The van der Waals surface area contributed by atoms with Gasteiger partial charge in [0.25, 0.3) is 0 Å². The summed E-state index contributed by atoms with van der Waals surface area (Å²) >= 11 is 1.70. The van der Waals surface area contributed by atoms with Gasteiger partial charge in [0, 0.05) is 18.2 Å². The third kappa shape index (κ3) is 4.80. The van der Waals surface area contributed by atoms with Crippen molar-refractivity contribution in [2.24, 2.45) is 0 Å². The normalized spacial score (nSPS) is 11.2. The van der Waals surface area contributed by atoms with Crippen LogP contribution in [0.4, 0.5) is 0 Å². The summed E-state index contributed by atoms with van der Waals surface area (Å²) in [6.07, 6.45) is 2.58. The minimum Gasteiger partial charge on any atom is -0.494 e. The fourth-order valence-corrected chi connectivity index (χ4v) is 4.50. The maximum absolute atomic E-state index is 10.6. The van der Waals surface area contributed by atoms with Crippen molar-refractivity contribution in [2.45, 2.75) is 39.5 Å². The second-order valence-corrected chi connectivity index (χ2v) is 8.66. The number of hydrogen-bond acceptors (Lipinski definition) is 4. The van der Waals surface area contributed by atoms with Crippen molar-refractivity contribution in [1.29, 1.82) is 0 Å². The van der Waals surface area contributed by atoms with Gasteiger partial charge < -0.3 is 9.84 Å². The molecule has 0 fully saturated rings. The van der Waals surface area contributed by atoms with Gasteiger partial charge in [-0.2, -0.15) is 0 Å². The van der Waals surface area contributed by atoms with Crippen LogP contribution in [0.3, 0.4) is 0 Å². The number of imidazole rings is 1. The summed E-state index contributed by atoms with van der Waals surface area (Å²) in [6.45, 7) is 4.77. The van der Waals surface area contributed by atoms with Gasteiger partial charge in [-0.1, -0.05) is 17.7 Å². The molecule has 0 saturated carbocycles. The SMILES string of the molecule is Cc1ccc(-n2c(-c3sccc3C)nc3ccc(OCCCCCC(=O)O)cc32)cc1. The molecule has 1 N–H and O–H groups in total. The zero-order valence-corrected chi connectivity index (χ0v) is 18.6. The van der Waals surface area contributed by atoms with E-state index in [0.29, 0.717) is 13.0 Å². The molecule has 31 heavy (non-hydrogen) atoms. The van der Waals surface area contributed by atoms with Crippen LogP contribution < -0.4 is 4.74 Å². The smallest absolute Gasteiger partial charge is 0.303 e. The maximum Gasteiger partial charge on any atom is 0.303 e. The van der Waals surface area contributed by atoms with Gasteiger partial charge in [-0.15, -0.1) is 11.3 Å². The predicted molar refractivity (Wildman–Crippen MR) is 125 cm³/mol. The van der Waals surface area contributed by atoms with E-state index in [1.54, 1.807) is 11.3 Å². The lowest BCUT2D eigenvalue weighted by Crippen LogP contribution is -2.00. The first-order valence-corrected chi connectivity index (χ1v) is 11.4. The summed E-state index contributed by atoms with van der Waals surface area (Å²) in [6, 6.07) is 16.6. The largest absolute Gasteiger partial charge is 0.494 e. The monoisotopic (exact) mass is 434 g/mol. The molecule has 6 heteroatoms. The van der Waals surface area contributed by atoms with E-state index in [9.17, 15) is 4.79 Å². The van der Waals surface area contributed by atoms with Crippen molar-refractivity contribution in [3.8, 4) is 22.1 Å². The van der Waals surface area contributed by atoms with Crippen LogP contribution in [0.2, 0.25) is 0 Å². The number of carboxylic acid groups (broad SMARTS) is 1. The Hall–Kier alpha value is -3.12. The number of carboxylic acids is 1. The lowest BCUT2D eigenvalue weighted by molar-refractivity contribution is -0.137. The molecular weight excluding hydrogens is 408 g/mol. The van der Waals surface area contributed by atoms with E-state index in [1.165, 1.54) is 11.1 Å². The fraction of sp³-hybridized carbons (Fsp3) is 0.280. The van der Waals surface area contributed by atoms with E-state index < -0.39 is 5.97 Å². The number of hydrogen-bond donors (Lipinski definition) is 1. The van der Waals surface area contributed by atoms with Gasteiger partial charge in [-0.3, -0.25) is 9.36 Å². The molecule has 0 aliphatic heterocycles. The Bertz CT molecular complexity index is 1190. The third-order valence-corrected chi connectivity index (χ3v) is 6.30. The molecule has 4 aromatic rings. The number of benzene rings is 2. The number of rotatable bonds is 9. The molecule has 2 aromatic carbocycles. The van der Waals surface area contributed by atoms with Crippen LogP contribution in [0.15, 0.2) is 53.9 Å². The molecular formula is C25H26N2O3S. The number of unbranched alkanes of at least 4 members (excludes halogenated alkanes) is 2. The van der Waals surface area contributed by atoms with Crippen LogP contribution in [-0.4, -0.2) is 27.2 Å². The first-order chi connectivity index (χ1) is 15.0. The highest BCUT2D eigenvalue weighted by Crippen LogP contribution is 2.35. The lowest BCUT2D eigenvalue weighted by atomic mass is 10.2. The molecule has 2 heterocycles. The zero-order chi connectivity index (χ0) is 21.8. The Labute approximate surface area is 185 Å². The Kier molecular flexibility index (Phi) is 6.37. The molecule has 0 unspecified atom stereocenters. The van der Waals surface area contributed by atoms with Crippen LogP contribution in [0.1, 0.15) is 36.8 Å². The standard InChI is InChI=1S/C25H26N2O3S/c1-17-7-9-19(10-8-17)27-22-16-20(30-14-5-3-4-6-23(28)29)11-12-21(22)26-25(27)24-18(2)13-15-31-24/h7-13,15-16H,3-6,14H2,1-2H3,(H,28,29). The zero-order valence-electron chi connectivity index (χ0n) is 17.8. The molecule has 0 amide bonds. The van der Waals surface area contributed by atoms with Gasteiger partial charge in [0.05, 0.1) is 22.5 Å². The second kappa shape index (κ2) is 9.35. The Balaban J connectivity index is 1.64. The summed E-state index contributed by atoms with van der Waals surface area (Å²) in [5.74, 6) is 0.998. The summed E-state index contributed by atoms with van der Waals surface area (Å²) in [5.41, 5.74) is 5.44. The van der Waals surface area contributed by atoms with Crippen molar-refractivity contribution in [3.05, 3.63) is 65.0 Å². The number of ether oxygens (including phenoxy) is 1. The molecule has 160 valence electrons. The highest BCUT2D eigenvalue weighted by Gasteiger charge is 2.17. The number of aryl methyl sites for hydroxylation is 2. The van der Waals surface area contributed by atoms with Gasteiger partial charge in [0.15, 0.2) is 5.82 Å². The average Bonchev–Trinajstić information content (AvgIpc) is 3.33. The van der Waals surface area contributed by atoms with Gasteiger partial charge in [0.2, 0.25) is 0 Å². The van der Waals surface area contributed by atoms with E-state index in [-0.39, 0.29) is 6.42 Å². The number of nitrogens with zero attached hydrogens (tertiary/aromatic N) is 2. The van der Waals surface area contributed by atoms with Gasteiger partial charge >= 0.3 is 5.97 Å². The molecule has 0 bridgehead atoms. The Morgan fingerprint density at radius 2 is 1.87 bits per heavy atom. The number of fused-ring (bicyclic) bond motifs is 1. The van der Waals surface area contributed by atoms with Gasteiger partial charge in [0.1, 0.15) is 5.75 Å². The lowest BCUT2D eigenvalue weighted by Gasteiger charge is -2.11. The maximum atomic E-state index is 10.6. The van der Waals surface area contributed by atoms with Crippen LogP contribution >= 0.6 is 11.3 Å². The molecule has 0 spiro atoms. The van der Waals surface area contributed by atoms with Crippen LogP contribution in [0.25, 0.3) is 27.4 Å². The first kappa shape index (κ1) is 21.1. The highest BCUT2D eigenvalue weighted by atomic mass is 32.1. The van der Waals surface area contributed by atoms with E-state index in [1.807, 2.05) is 18.2 Å². The quantitative estimate of drug-likeness (QED) is 0.310. The summed E-state index contributed by atoms with van der Waals surface area (Å²) in [7, 11) is 0. The number of aromatic nitrogens is 2. The van der Waals surface area contributed by atoms with Gasteiger partial charge in [-0.05, 0) is 74.4 Å².